The molecule has 1 fully saturated rings. The van der Waals surface area contributed by atoms with Crippen LogP contribution in [0.2, 0.25) is 0 Å². The predicted molar refractivity (Wildman–Crippen MR) is 123 cm³/mol. The van der Waals surface area contributed by atoms with Crippen molar-refractivity contribution >= 4 is 17.5 Å². The SMILES string of the molecule is COc1ccc([C@@H](CNC(=O)CN2C(=O)CCOc3ccccc32)N2CCCCC2)cc1. The molecule has 2 aliphatic rings. The van der Waals surface area contributed by atoms with Gasteiger partial charge in [0.15, 0.2) is 0 Å². The number of piperidine rings is 1. The van der Waals surface area contributed by atoms with Crippen LogP contribution in [-0.2, 0) is 9.59 Å². The lowest BCUT2D eigenvalue weighted by atomic mass is 10.0. The van der Waals surface area contributed by atoms with Crippen LogP contribution < -0.4 is 19.7 Å². The number of rotatable bonds is 7. The van der Waals surface area contributed by atoms with Gasteiger partial charge in [0.25, 0.3) is 0 Å². The molecule has 1 N–H and O–H groups in total. The minimum absolute atomic E-state index is 0.0193. The Morgan fingerprint density at radius 2 is 1.84 bits per heavy atom. The molecular weight excluding hydrogens is 406 g/mol. The fraction of sp³-hybridized carbons (Fsp3) is 0.440. The molecule has 0 radical (unpaired) electrons. The Morgan fingerprint density at radius 3 is 2.59 bits per heavy atom. The molecule has 0 saturated carbocycles. The highest BCUT2D eigenvalue weighted by Crippen LogP contribution is 2.31. The highest BCUT2D eigenvalue weighted by molar-refractivity contribution is 6.00. The van der Waals surface area contributed by atoms with Crippen LogP contribution in [0.3, 0.4) is 0 Å². The molecule has 0 bridgehead atoms. The van der Waals surface area contributed by atoms with Crippen LogP contribution in [0.5, 0.6) is 11.5 Å². The number of anilines is 1. The zero-order valence-corrected chi connectivity index (χ0v) is 18.6. The number of carbonyl (C=O) groups is 2. The number of methoxy groups -OCH3 is 1. The van der Waals surface area contributed by atoms with Crippen LogP contribution in [0.1, 0.15) is 37.3 Å². The van der Waals surface area contributed by atoms with Crippen molar-refractivity contribution in [1.29, 1.82) is 0 Å². The first-order valence-corrected chi connectivity index (χ1v) is 11.3. The fourth-order valence-corrected chi connectivity index (χ4v) is 4.42. The molecule has 170 valence electrons. The van der Waals surface area contributed by atoms with E-state index in [0.717, 1.165) is 24.4 Å². The molecule has 0 spiro atoms. The summed E-state index contributed by atoms with van der Waals surface area (Å²) in [4.78, 5) is 29.5. The van der Waals surface area contributed by atoms with E-state index >= 15 is 0 Å². The second-order valence-corrected chi connectivity index (χ2v) is 8.24. The maximum absolute atomic E-state index is 12.9. The zero-order chi connectivity index (χ0) is 22.3. The molecule has 2 aliphatic heterocycles. The summed E-state index contributed by atoms with van der Waals surface area (Å²) in [6.45, 7) is 2.83. The van der Waals surface area contributed by atoms with Gasteiger partial charge in [-0.1, -0.05) is 30.7 Å². The van der Waals surface area contributed by atoms with E-state index in [1.54, 1.807) is 7.11 Å². The number of likely N-dealkylation sites (tertiary alicyclic amines) is 1. The maximum Gasteiger partial charge on any atom is 0.240 e. The molecule has 0 unspecified atom stereocenters. The Hall–Kier alpha value is -3.06. The van der Waals surface area contributed by atoms with E-state index in [9.17, 15) is 9.59 Å². The monoisotopic (exact) mass is 437 g/mol. The Labute approximate surface area is 189 Å². The molecule has 0 aromatic heterocycles. The molecule has 7 heteroatoms. The van der Waals surface area contributed by atoms with Gasteiger partial charge >= 0.3 is 0 Å². The minimum Gasteiger partial charge on any atom is -0.497 e. The lowest BCUT2D eigenvalue weighted by molar-refractivity contribution is -0.124. The fourth-order valence-electron chi connectivity index (χ4n) is 4.42. The Bertz CT molecular complexity index is 925. The number of para-hydroxylation sites is 2. The maximum atomic E-state index is 12.9. The number of fused-ring (bicyclic) bond motifs is 1. The summed E-state index contributed by atoms with van der Waals surface area (Å²) in [6.07, 6.45) is 3.83. The molecule has 2 aromatic carbocycles. The van der Waals surface area contributed by atoms with E-state index in [2.05, 4.69) is 22.3 Å². The first-order valence-electron chi connectivity index (χ1n) is 11.3. The Morgan fingerprint density at radius 1 is 1.09 bits per heavy atom. The number of carbonyl (C=O) groups excluding carboxylic acids is 2. The number of hydrogen-bond donors (Lipinski definition) is 1. The van der Waals surface area contributed by atoms with Crippen molar-refractivity contribution in [1.82, 2.24) is 10.2 Å². The Balaban J connectivity index is 1.45. The third-order valence-corrected chi connectivity index (χ3v) is 6.16. The van der Waals surface area contributed by atoms with Crippen molar-refractivity contribution in [3.63, 3.8) is 0 Å². The van der Waals surface area contributed by atoms with Gasteiger partial charge in [-0.15, -0.1) is 0 Å². The third-order valence-electron chi connectivity index (χ3n) is 6.16. The smallest absolute Gasteiger partial charge is 0.240 e. The Kier molecular flexibility index (Phi) is 7.27. The lowest BCUT2D eigenvalue weighted by Gasteiger charge is -2.35. The van der Waals surface area contributed by atoms with E-state index in [0.29, 0.717) is 24.6 Å². The molecule has 7 nitrogen and oxygen atoms in total. The summed E-state index contributed by atoms with van der Waals surface area (Å²) >= 11 is 0. The molecule has 4 rings (SSSR count). The molecule has 1 atom stereocenters. The average molecular weight is 438 g/mol. The van der Waals surface area contributed by atoms with Crippen molar-refractivity contribution < 1.29 is 19.1 Å². The van der Waals surface area contributed by atoms with E-state index in [4.69, 9.17) is 9.47 Å². The van der Waals surface area contributed by atoms with Crippen molar-refractivity contribution in [3.8, 4) is 11.5 Å². The first-order chi connectivity index (χ1) is 15.7. The van der Waals surface area contributed by atoms with Crippen LogP contribution in [0.25, 0.3) is 0 Å². The third kappa shape index (κ3) is 5.22. The number of benzene rings is 2. The van der Waals surface area contributed by atoms with Gasteiger partial charge in [0.2, 0.25) is 11.8 Å². The highest BCUT2D eigenvalue weighted by atomic mass is 16.5. The molecule has 32 heavy (non-hydrogen) atoms. The number of ether oxygens (including phenoxy) is 2. The molecule has 2 heterocycles. The zero-order valence-electron chi connectivity index (χ0n) is 18.6. The standard InChI is InChI=1S/C25H31N3O4/c1-31-20-11-9-19(10-12-20)22(27-14-5-2-6-15-27)17-26-24(29)18-28-21-7-3-4-8-23(21)32-16-13-25(28)30/h3-4,7-12,22H,2,5-6,13-18H2,1H3,(H,26,29)/t22-/m1/s1. The van der Waals surface area contributed by atoms with Gasteiger partial charge < -0.3 is 14.8 Å². The quantitative estimate of drug-likeness (QED) is 0.721. The van der Waals surface area contributed by atoms with E-state index in [-0.39, 0.29) is 30.8 Å². The van der Waals surface area contributed by atoms with Crippen LogP contribution in [0, 0.1) is 0 Å². The van der Waals surface area contributed by atoms with Crippen LogP contribution in [-0.4, -0.2) is 56.6 Å². The molecule has 0 aliphatic carbocycles. The number of amides is 2. The molecule has 1 saturated heterocycles. The van der Waals surface area contributed by atoms with Crippen molar-refractivity contribution in [2.45, 2.75) is 31.7 Å². The summed E-state index contributed by atoms with van der Waals surface area (Å²) in [7, 11) is 1.66. The van der Waals surface area contributed by atoms with Gasteiger partial charge in [-0.3, -0.25) is 19.4 Å². The summed E-state index contributed by atoms with van der Waals surface area (Å²) in [5.74, 6) is 1.17. The summed E-state index contributed by atoms with van der Waals surface area (Å²) in [5, 5.41) is 3.08. The molecular formula is C25H31N3O4. The van der Waals surface area contributed by atoms with Crippen molar-refractivity contribution in [3.05, 3.63) is 54.1 Å². The van der Waals surface area contributed by atoms with Crippen LogP contribution in [0.15, 0.2) is 48.5 Å². The summed E-state index contributed by atoms with van der Waals surface area (Å²) in [6, 6.07) is 15.5. The van der Waals surface area contributed by atoms with Gasteiger partial charge in [-0.25, -0.2) is 0 Å². The number of nitrogens with one attached hydrogen (secondary N) is 1. The first kappa shape index (κ1) is 22.1. The lowest BCUT2D eigenvalue weighted by Crippen LogP contribution is -2.44. The van der Waals surface area contributed by atoms with E-state index in [1.807, 2.05) is 36.4 Å². The minimum atomic E-state index is -0.175. The van der Waals surface area contributed by atoms with Gasteiger partial charge in [-0.05, 0) is 55.8 Å². The second kappa shape index (κ2) is 10.5. The predicted octanol–water partition coefficient (Wildman–Crippen LogP) is 3.15. The normalized spacial score (nSPS) is 17.7. The average Bonchev–Trinajstić information content (AvgIpc) is 2.99. The second-order valence-electron chi connectivity index (χ2n) is 8.24. The van der Waals surface area contributed by atoms with Crippen LogP contribution >= 0.6 is 0 Å². The number of hydrogen-bond acceptors (Lipinski definition) is 5. The largest absolute Gasteiger partial charge is 0.497 e. The van der Waals surface area contributed by atoms with E-state index in [1.165, 1.54) is 24.2 Å². The molecule has 2 amide bonds. The van der Waals surface area contributed by atoms with E-state index < -0.39 is 0 Å². The van der Waals surface area contributed by atoms with Gasteiger partial charge in [0.1, 0.15) is 18.0 Å². The van der Waals surface area contributed by atoms with Crippen molar-refractivity contribution in [2.24, 2.45) is 0 Å². The highest BCUT2D eigenvalue weighted by Gasteiger charge is 2.27. The summed E-state index contributed by atoms with van der Waals surface area (Å²) < 4.78 is 11.0. The van der Waals surface area contributed by atoms with Gasteiger partial charge in [0, 0.05) is 6.54 Å². The topological polar surface area (TPSA) is 71.1 Å². The number of nitrogens with zero attached hydrogens (tertiary/aromatic N) is 2. The molecule has 2 aromatic rings. The van der Waals surface area contributed by atoms with Crippen LogP contribution in [0.4, 0.5) is 5.69 Å². The summed E-state index contributed by atoms with van der Waals surface area (Å²) in [5.41, 5.74) is 1.80. The van der Waals surface area contributed by atoms with Gasteiger partial charge in [0.05, 0.1) is 31.9 Å². The van der Waals surface area contributed by atoms with Gasteiger partial charge in [-0.2, -0.15) is 0 Å². The van der Waals surface area contributed by atoms with Crippen molar-refractivity contribution in [2.75, 3.05) is 44.8 Å².